The Morgan fingerprint density at radius 3 is 2.91 bits per heavy atom. The predicted molar refractivity (Wildman–Crippen MR) is 97.2 cm³/mol. The number of rotatable bonds is 4. The largest absolute Gasteiger partial charge is 0.363 e. The van der Waals surface area contributed by atoms with E-state index in [1.807, 2.05) is 43.4 Å². The number of aromatic nitrogens is 3. The van der Waals surface area contributed by atoms with E-state index in [0.717, 1.165) is 42.0 Å². The normalized spacial score (nSPS) is 17.9. The van der Waals surface area contributed by atoms with E-state index in [-0.39, 0.29) is 0 Å². The van der Waals surface area contributed by atoms with Crippen LogP contribution >= 0.6 is 15.9 Å². The molecule has 1 N–H and O–H groups in total. The second-order valence-electron chi connectivity index (χ2n) is 5.87. The van der Waals surface area contributed by atoms with Gasteiger partial charge < -0.3 is 15.1 Å². The zero-order chi connectivity index (χ0) is 16.2. The molecule has 1 fully saturated rings. The molecule has 7 heteroatoms. The first-order valence-corrected chi connectivity index (χ1v) is 8.55. The summed E-state index contributed by atoms with van der Waals surface area (Å²) < 4.78 is 1.03. The highest BCUT2D eigenvalue weighted by Gasteiger charge is 2.22. The van der Waals surface area contributed by atoms with Gasteiger partial charge in [0, 0.05) is 45.6 Å². The van der Waals surface area contributed by atoms with E-state index in [9.17, 15) is 0 Å². The van der Waals surface area contributed by atoms with Crippen molar-refractivity contribution in [2.45, 2.75) is 18.9 Å². The smallest absolute Gasteiger partial charge is 0.224 e. The van der Waals surface area contributed by atoms with E-state index in [4.69, 9.17) is 0 Å². The first kappa shape index (κ1) is 16.0. The van der Waals surface area contributed by atoms with Crippen molar-refractivity contribution in [3.63, 3.8) is 0 Å². The monoisotopic (exact) mass is 376 g/mol. The minimum absolute atomic E-state index is 0.315. The molecule has 1 aliphatic heterocycles. The Bertz CT molecular complexity index is 663. The minimum atomic E-state index is 0.315. The zero-order valence-electron chi connectivity index (χ0n) is 13.4. The van der Waals surface area contributed by atoms with E-state index in [1.54, 1.807) is 6.20 Å². The maximum atomic E-state index is 4.54. The highest BCUT2D eigenvalue weighted by Crippen LogP contribution is 2.26. The molecule has 0 aliphatic carbocycles. The summed E-state index contributed by atoms with van der Waals surface area (Å²) in [7, 11) is 3.96. The number of piperidine rings is 1. The van der Waals surface area contributed by atoms with Crippen LogP contribution in [-0.4, -0.2) is 48.2 Å². The average molecular weight is 377 g/mol. The summed E-state index contributed by atoms with van der Waals surface area (Å²) in [6.07, 6.45) is 5.85. The van der Waals surface area contributed by atoms with E-state index in [2.05, 4.69) is 41.1 Å². The van der Waals surface area contributed by atoms with Gasteiger partial charge in [-0.3, -0.25) is 0 Å². The molecule has 1 atom stereocenters. The maximum Gasteiger partial charge on any atom is 0.224 e. The Morgan fingerprint density at radius 2 is 2.13 bits per heavy atom. The summed E-state index contributed by atoms with van der Waals surface area (Å²) in [5.74, 6) is 2.59. The Labute approximate surface area is 145 Å². The molecule has 0 aromatic carbocycles. The molecule has 1 unspecified atom stereocenters. The van der Waals surface area contributed by atoms with Crippen LogP contribution in [0.2, 0.25) is 0 Å². The third-order valence-corrected chi connectivity index (χ3v) is 4.51. The first-order chi connectivity index (χ1) is 11.1. The molecular formula is C16H21BrN6. The molecule has 0 spiro atoms. The lowest BCUT2D eigenvalue weighted by Crippen LogP contribution is -2.43. The summed E-state index contributed by atoms with van der Waals surface area (Å²) in [6, 6.07) is 6.19. The van der Waals surface area contributed by atoms with Crippen LogP contribution in [0.5, 0.6) is 0 Å². The Kier molecular flexibility index (Phi) is 4.95. The van der Waals surface area contributed by atoms with Gasteiger partial charge in [-0.05, 0) is 47.0 Å². The van der Waals surface area contributed by atoms with Gasteiger partial charge in [0.05, 0.1) is 4.47 Å². The lowest BCUT2D eigenvalue weighted by Gasteiger charge is -2.34. The molecule has 3 heterocycles. The molecule has 0 amide bonds. The summed E-state index contributed by atoms with van der Waals surface area (Å²) in [5.41, 5.74) is 0. The molecule has 0 saturated carbocycles. The molecule has 6 nitrogen and oxygen atoms in total. The van der Waals surface area contributed by atoms with E-state index < -0.39 is 0 Å². The van der Waals surface area contributed by atoms with Crippen molar-refractivity contribution < 1.29 is 0 Å². The first-order valence-electron chi connectivity index (χ1n) is 7.76. The van der Waals surface area contributed by atoms with Crippen molar-refractivity contribution in [2.75, 3.05) is 42.3 Å². The standard InChI is InChI=1S/C16H21BrN6/c1-22(2)14-7-9-19-16(21-14)20-12-5-4-10-23(11-12)15-13(17)6-3-8-18-15/h3,6-9,12H,4-5,10-11H2,1-2H3,(H,19,20,21). The van der Waals surface area contributed by atoms with E-state index >= 15 is 0 Å². The van der Waals surface area contributed by atoms with E-state index in [1.165, 1.54) is 0 Å². The third kappa shape index (κ3) is 3.90. The van der Waals surface area contributed by atoms with Crippen LogP contribution in [0, 0.1) is 0 Å². The van der Waals surface area contributed by atoms with Crippen LogP contribution in [0.25, 0.3) is 0 Å². The van der Waals surface area contributed by atoms with Crippen molar-refractivity contribution in [3.05, 3.63) is 35.1 Å². The van der Waals surface area contributed by atoms with Crippen LogP contribution < -0.4 is 15.1 Å². The van der Waals surface area contributed by atoms with Gasteiger partial charge in [0.2, 0.25) is 5.95 Å². The molecular weight excluding hydrogens is 356 g/mol. The maximum absolute atomic E-state index is 4.54. The molecule has 3 rings (SSSR count). The topological polar surface area (TPSA) is 57.2 Å². The number of halogens is 1. The van der Waals surface area contributed by atoms with Crippen molar-refractivity contribution in [2.24, 2.45) is 0 Å². The molecule has 0 radical (unpaired) electrons. The summed E-state index contributed by atoms with van der Waals surface area (Å²) in [6.45, 7) is 1.91. The Hall–Kier alpha value is -1.89. The highest BCUT2D eigenvalue weighted by atomic mass is 79.9. The minimum Gasteiger partial charge on any atom is -0.363 e. The molecule has 23 heavy (non-hydrogen) atoms. The SMILES string of the molecule is CN(C)c1ccnc(NC2CCCN(c3ncccc3Br)C2)n1. The van der Waals surface area contributed by atoms with Crippen molar-refractivity contribution in [3.8, 4) is 0 Å². The summed E-state index contributed by atoms with van der Waals surface area (Å²) in [4.78, 5) is 17.7. The number of anilines is 3. The van der Waals surface area contributed by atoms with Crippen LogP contribution in [0.4, 0.5) is 17.6 Å². The number of hydrogen-bond acceptors (Lipinski definition) is 6. The average Bonchev–Trinajstić information content (AvgIpc) is 2.56. The molecule has 0 bridgehead atoms. The molecule has 2 aromatic heterocycles. The Morgan fingerprint density at radius 1 is 1.26 bits per heavy atom. The van der Waals surface area contributed by atoms with Gasteiger partial charge in [-0.2, -0.15) is 4.98 Å². The van der Waals surface area contributed by atoms with Crippen LogP contribution in [0.3, 0.4) is 0 Å². The van der Waals surface area contributed by atoms with Gasteiger partial charge in [0.1, 0.15) is 11.6 Å². The van der Waals surface area contributed by atoms with Crippen LogP contribution in [-0.2, 0) is 0 Å². The fourth-order valence-corrected chi connectivity index (χ4v) is 3.25. The molecule has 122 valence electrons. The van der Waals surface area contributed by atoms with Gasteiger partial charge in [-0.1, -0.05) is 0 Å². The third-order valence-electron chi connectivity index (χ3n) is 3.89. The molecule has 2 aromatic rings. The van der Waals surface area contributed by atoms with Gasteiger partial charge in [-0.15, -0.1) is 0 Å². The fraction of sp³-hybridized carbons (Fsp3) is 0.438. The second kappa shape index (κ2) is 7.12. The van der Waals surface area contributed by atoms with E-state index in [0.29, 0.717) is 12.0 Å². The quantitative estimate of drug-likeness (QED) is 0.885. The second-order valence-corrected chi connectivity index (χ2v) is 6.73. The highest BCUT2D eigenvalue weighted by molar-refractivity contribution is 9.10. The Balaban J connectivity index is 1.70. The van der Waals surface area contributed by atoms with Crippen LogP contribution in [0.15, 0.2) is 35.1 Å². The lowest BCUT2D eigenvalue weighted by atomic mass is 10.1. The van der Waals surface area contributed by atoms with Gasteiger partial charge in [0.25, 0.3) is 0 Å². The zero-order valence-corrected chi connectivity index (χ0v) is 15.0. The fourth-order valence-electron chi connectivity index (χ4n) is 2.75. The van der Waals surface area contributed by atoms with Gasteiger partial charge in [-0.25, -0.2) is 9.97 Å². The summed E-state index contributed by atoms with van der Waals surface area (Å²) in [5, 5.41) is 3.46. The van der Waals surface area contributed by atoms with Gasteiger partial charge >= 0.3 is 0 Å². The molecule has 1 aliphatic rings. The number of nitrogens with one attached hydrogen (secondary N) is 1. The van der Waals surface area contributed by atoms with Crippen molar-refractivity contribution in [1.29, 1.82) is 0 Å². The number of nitrogens with zero attached hydrogens (tertiary/aromatic N) is 5. The van der Waals surface area contributed by atoms with Gasteiger partial charge in [0.15, 0.2) is 0 Å². The lowest BCUT2D eigenvalue weighted by molar-refractivity contribution is 0.523. The molecule has 1 saturated heterocycles. The van der Waals surface area contributed by atoms with Crippen LogP contribution in [0.1, 0.15) is 12.8 Å². The van der Waals surface area contributed by atoms with Crippen molar-refractivity contribution >= 4 is 33.5 Å². The number of pyridine rings is 1. The predicted octanol–water partition coefficient (Wildman–Crippen LogP) is 2.78. The summed E-state index contributed by atoms with van der Waals surface area (Å²) >= 11 is 3.59. The van der Waals surface area contributed by atoms with Crippen molar-refractivity contribution in [1.82, 2.24) is 15.0 Å². The number of hydrogen-bond donors (Lipinski definition) is 1.